The number of piperazine rings is 1. The van der Waals surface area contributed by atoms with Crippen LogP contribution in [0.15, 0.2) is 5.16 Å². The van der Waals surface area contributed by atoms with Crippen LogP contribution in [0.4, 0.5) is 0 Å². The molecule has 0 saturated carbocycles. The highest BCUT2D eigenvalue weighted by atomic mass is 16.5. The Morgan fingerprint density at radius 3 is 2.55 bits per heavy atom. The molecule has 20 heavy (non-hydrogen) atoms. The summed E-state index contributed by atoms with van der Waals surface area (Å²) in [6, 6.07) is 0.0792. The van der Waals surface area contributed by atoms with Crippen molar-refractivity contribution in [3.05, 3.63) is 0 Å². The molecule has 1 atom stereocenters. The first-order valence-electron chi connectivity index (χ1n) is 7.74. The van der Waals surface area contributed by atoms with E-state index < -0.39 is 0 Å². The Balaban J connectivity index is 2.32. The fourth-order valence-electron chi connectivity index (χ4n) is 2.69. The monoisotopic (exact) mass is 286 g/mol. The molecule has 1 fully saturated rings. The minimum atomic E-state index is 0.0792. The van der Waals surface area contributed by atoms with Gasteiger partial charge in [-0.05, 0) is 19.8 Å². The highest BCUT2D eigenvalue weighted by Crippen LogP contribution is 2.12. The smallest absolute Gasteiger partial charge is 0.156 e. The number of hydrogen-bond donors (Lipinski definition) is 2. The number of rotatable bonds is 9. The summed E-state index contributed by atoms with van der Waals surface area (Å²) in [5.74, 6) is 0.344. The van der Waals surface area contributed by atoms with E-state index in [2.05, 4.69) is 21.9 Å². The van der Waals surface area contributed by atoms with Crippen LogP contribution in [0.2, 0.25) is 0 Å². The Morgan fingerprint density at radius 2 is 2.00 bits per heavy atom. The van der Waals surface area contributed by atoms with Crippen molar-refractivity contribution in [3.8, 4) is 0 Å². The summed E-state index contributed by atoms with van der Waals surface area (Å²) < 4.78 is 5.36. The fourth-order valence-corrected chi connectivity index (χ4v) is 2.69. The summed E-state index contributed by atoms with van der Waals surface area (Å²) in [5.41, 5.74) is 5.81. The van der Waals surface area contributed by atoms with Gasteiger partial charge in [0.2, 0.25) is 0 Å². The molecule has 0 spiro atoms. The van der Waals surface area contributed by atoms with Crippen LogP contribution in [0.5, 0.6) is 0 Å². The van der Waals surface area contributed by atoms with Gasteiger partial charge in [-0.3, -0.25) is 4.90 Å². The summed E-state index contributed by atoms with van der Waals surface area (Å²) in [5, 5.41) is 12.1. The average Bonchev–Trinajstić information content (AvgIpc) is 2.49. The Hall–Kier alpha value is -0.850. The lowest BCUT2D eigenvalue weighted by Crippen LogP contribution is -2.54. The molecule has 1 aliphatic heterocycles. The van der Waals surface area contributed by atoms with Crippen molar-refractivity contribution in [1.29, 1.82) is 0 Å². The lowest BCUT2D eigenvalue weighted by atomic mass is 10.1. The molecule has 0 aromatic carbocycles. The van der Waals surface area contributed by atoms with Crippen molar-refractivity contribution in [2.75, 3.05) is 45.9 Å². The van der Waals surface area contributed by atoms with Crippen molar-refractivity contribution >= 4 is 5.84 Å². The fraction of sp³-hybridized carbons (Fsp3) is 0.929. The van der Waals surface area contributed by atoms with Gasteiger partial charge < -0.3 is 20.6 Å². The van der Waals surface area contributed by atoms with Crippen molar-refractivity contribution in [3.63, 3.8) is 0 Å². The molecular formula is C14H30N4O2. The SMILES string of the molecule is CCCC(C(N)=NO)N1CCN(CCCOCC)CC1. The van der Waals surface area contributed by atoms with Crippen LogP contribution in [0, 0.1) is 0 Å². The molecular weight excluding hydrogens is 256 g/mol. The maximum atomic E-state index is 8.89. The Kier molecular flexibility index (Phi) is 8.57. The van der Waals surface area contributed by atoms with Crippen LogP contribution >= 0.6 is 0 Å². The van der Waals surface area contributed by atoms with Gasteiger partial charge in [0.05, 0.1) is 6.04 Å². The van der Waals surface area contributed by atoms with Crippen LogP contribution in [-0.2, 0) is 4.74 Å². The van der Waals surface area contributed by atoms with Crippen molar-refractivity contribution in [1.82, 2.24) is 9.80 Å². The molecule has 6 nitrogen and oxygen atoms in total. The van der Waals surface area contributed by atoms with Gasteiger partial charge in [-0.2, -0.15) is 0 Å². The zero-order valence-electron chi connectivity index (χ0n) is 12.9. The molecule has 6 heteroatoms. The Bertz CT molecular complexity index is 278. The molecule has 1 unspecified atom stereocenters. The van der Waals surface area contributed by atoms with Gasteiger partial charge >= 0.3 is 0 Å². The maximum absolute atomic E-state index is 8.89. The summed E-state index contributed by atoms with van der Waals surface area (Å²) in [6.07, 6.45) is 3.07. The molecule has 1 saturated heterocycles. The number of hydrogen-bond acceptors (Lipinski definition) is 5. The molecule has 3 N–H and O–H groups in total. The second-order valence-electron chi connectivity index (χ2n) is 5.26. The Morgan fingerprint density at radius 1 is 1.30 bits per heavy atom. The third-order valence-electron chi connectivity index (χ3n) is 3.83. The molecule has 1 heterocycles. The third-order valence-corrected chi connectivity index (χ3v) is 3.83. The van der Waals surface area contributed by atoms with E-state index in [4.69, 9.17) is 15.7 Å². The standard InChI is InChI=1S/C14H30N4O2/c1-3-6-13(14(15)16-19)18-10-8-17(9-11-18)7-5-12-20-4-2/h13,19H,3-12H2,1-2H3,(H2,15,16). The van der Waals surface area contributed by atoms with Crippen LogP contribution in [0.25, 0.3) is 0 Å². The van der Waals surface area contributed by atoms with Gasteiger partial charge in [-0.25, -0.2) is 0 Å². The lowest BCUT2D eigenvalue weighted by Gasteiger charge is -2.38. The van der Waals surface area contributed by atoms with Crippen LogP contribution in [0.3, 0.4) is 0 Å². The van der Waals surface area contributed by atoms with Gasteiger partial charge in [-0.15, -0.1) is 0 Å². The first-order chi connectivity index (χ1) is 9.72. The van der Waals surface area contributed by atoms with E-state index >= 15 is 0 Å². The molecule has 118 valence electrons. The quantitative estimate of drug-likeness (QED) is 0.217. The molecule has 0 aromatic rings. The normalized spacial score (nSPS) is 20.2. The molecule has 0 bridgehead atoms. The van der Waals surface area contributed by atoms with E-state index in [-0.39, 0.29) is 6.04 Å². The summed E-state index contributed by atoms with van der Waals surface area (Å²) in [4.78, 5) is 4.79. The summed E-state index contributed by atoms with van der Waals surface area (Å²) in [7, 11) is 0. The van der Waals surface area contributed by atoms with E-state index in [0.717, 1.165) is 65.2 Å². The first kappa shape index (κ1) is 17.2. The van der Waals surface area contributed by atoms with E-state index in [0.29, 0.717) is 5.84 Å². The molecule has 0 aliphatic carbocycles. The highest BCUT2D eigenvalue weighted by Gasteiger charge is 2.25. The zero-order chi connectivity index (χ0) is 14.8. The second-order valence-corrected chi connectivity index (χ2v) is 5.26. The molecule has 0 radical (unpaired) electrons. The van der Waals surface area contributed by atoms with E-state index in [9.17, 15) is 0 Å². The van der Waals surface area contributed by atoms with Gasteiger partial charge in [-0.1, -0.05) is 18.5 Å². The summed E-state index contributed by atoms with van der Waals surface area (Å²) >= 11 is 0. The molecule has 1 aliphatic rings. The van der Waals surface area contributed by atoms with E-state index in [1.807, 2.05) is 6.92 Å². The average molecular weight is 286 g/mol. The Labute approximate surface area is 122 Å². The minimum absolute atomic E-state index is 0.0792. The van der Waals surface area contributed by atoms with Crippen LogP contribution in [0.1, 0.15) is 33.1 Å². The third kappa shape index (κ3) is 5.64. The number of nitrogens with zero attached hydrogens (tertiary/aromatic N) is 3. The molecule has 1 rings (SSSR count). The number of nitrogens with two attached hydrogens (primary N) is 1. The first-order valence-corrected chi connectivity index (χ1v) is 7.74. The van der Waals surface area contributed by atoms with E-state index in [1.165, 1.54) is 0 Å². The van der Waals surface area contributed by atoms with Crippen molar-refractivity contribution < 1.29 is 9.94 Å². The number of ether oxygens (including phenoxy) is 1. The summed E-state index contributed by atoms with van der Waals surface area (Å²) in [6.45, 7) is 10.9. The van der Waals surface area contributed by atoms with Crippen molar-refractivity contribution in [2.45, 2.75) is 39.2 Å². The predicted molar refractivity (Wildman–Crippen MR) is 81.2 cm³/mol. The number of oxime groups is 1. The molecule has 0 aromatic heterocycles. The maximum Gasteiger partial charge on any atom is 0.156 e. The van der Waals surface area contributed by atoms with Crippen LogP contribution < -0.4 is 5.73 Å². The zero-order valence-corrected chi connectivity index (χ0v) is 12.9. The lowest BCUT2D eigenvalue weighted by molar-refractivity contribution is 0.0938. The molecule has 0 amide bonds. The number of amidine groups is 1. The predicted octanol–water partition coefficient (Wildman–Crippen LogP) is 0.946. The minimum Gasteiger partial charge on any atom is -0.409 e. The van der Waals surface area contributed by atoms with Gasteiger partial charge in [0.15, 0.2) is 5.84 Å². The van der Waals surface area contributed by atoms with Crippen molar-refractivity contribution in [2.24, 2.45) is 10.9 Å². The second kappa shape index (κ2) is 9.96. The largest absolute Gasteiger partial charge is 0.409 e. The highest BCUT2D eigenvalue weighted by molar-refractivity contribution is 5.85. The van der Waals surface area contributed by atoms with Gasteiger partial charge in [0.1, 0.15) is 0 Å². The van der Waals surface area contributed by atoms with Crippen LogP contribution in [-0.4, -0.2) is 72.8 Å². The van der Waals surface area contributed by atoms with Gasteiger partial charge in [0, 0.05) is 45.9 Å². The topological polar surface area (TPSA) is 74.3 Å². The van der Waals surface area contributed by atoms with E-state index in [1.54, 1.807) is 0 Å². The van der Waals surface area contributed by atoms with Gasteiger partial charge in [0.25, 0.3) is 0 Å².